The molecule has 9 heavy (non-hydrogen) atoms. The highest BCUT2D eigenvalue weighted by molar-refractivity contribution is 9.13. The van der Waals surface area contributed by atoms with Gasteiger partial charge in [-0.1, -0.05) is 0 Å². The molecule has 1 heterocycles. The summed E-state index contributed by atoms with van der Waals surface area (Å²) in [5.74, 6) is 0. The van der Waals surface area contributed by atoms with E-state index in [2.05, 4.69) is 36.8 Å². The Morgan fingerprint density at radius 1 is 1.44 bits per heavy atom. The van der Waals surface area contributed by atoms with Gasteiger partial charge in [-0.25, -0.2) is 4.98 Å². The third kappa shape index (κ3) is 1.43. The maximum Gasteiger partial charge on any atom is 0.122 e. The summed E-state index contributed by atoms with van der Waals surface area (Å²) in [6.45, 7) is 0. The van der Waals surface area contributed by atoms with Crippen molar-refractivity contribution in [3.63, 3.8) is 0 Å². The minimum Gasteiger partial charge on any atom is -0.398 e. The Morgan fingerprint density at radius 3 is 2.56 bits per heavy atom. The molecule has 1 aromatic rings. The van der Waals surface area contributed by atoms with Crippen LogP contribution in [0, 0.1) is 0 Å². The SMILES string of the molecule is Nc1ccnc(Br)c1Br. The summed E-state index contributed by atoms with van der Waals surface area (Å²) in [5.41, 5.74) is 6.20. The number of nitrogens with zero attached hydrogens (tertiary/aromatic N) is 1. The number of anilines is 1. The second-order valence-corrected chi connectivity index (χ2v) is 3.05. The molecule has 1 rings (SSSR count). The first-order valence-corrected chi connectivity index (χ1v) is 3.86. The Hall–Kier alpha value is -0.0900. The van der Waals surface area contributed by atoms with E-state index in [-0.39, 0.29) is 0 Å². The first-order valence-electron chi connectivity index (χ1n) is 2.27. The van der Waals surface area contributed by atoms with Crippen molar-refractivity contribution in [3.8, 4) is 0 Å². The quantitative estimate of drug-likeness (QED) is 0.718. The Morgan fingerprint density at radius 2 is 2.11 bits per heavy atom. The zero-order valence-electron chi connectivity index (χ0n) is 4.44. The van der Waals surface area contributed by atoms with Crippen molar-refractivity contribution >= 4 is 37.5 Å². The maximum absolute atomic E-state index is 5.50. The molecule has 0 aromatic carbocycles. The zero-order chi connectivity index (χ0) is 6.85. The zero-order valence-corrected chi connectivity index (χ0v) is 7.61. The largest absolute Gasteiger partial charge is 0.398 e. The van der Waals surface area contributed by atoms with E-state index < -0.39 is 0 Å². The minimum absolute atomic E-state index is 0.692. The summed E-state index contributed by atoms with van der Waals surface area (Å²) in [7, 11) is 0. The monoisotopic (exact) mass is 250 g/mol. The lowest BCUT2D eigenvalue weighted by Gasteiger charge is -1.96. The van der Waals surface area contributed by atoms with E-state index in [0.29, 0.717) is 5.69 Å². The van der Waals surface area contributed by atoms with Crippen molar-refractivity contribution in [2.24, 2.45) is 0 Å². The van der Waals surface area contributed by atoms with Gasteiger partial charge in [0.25, 0.3) is 0 Å². The molecule has 0 bridgehead atoms. The normalized spacial score (nSPS) is 9.56. The number of rotatable bonds is 0. The molecule has 0 amide bonds. The molecule has 4 heteroatoms. The fourth-order valence-electron chi connectivity index (χ4n) is 0.432. The highest BCUT2D eigenvalue weighted by atomic mass is 79.9. The molecule has 0 fully saturated rings. The van der Waals surface area contributed by atoms with Gasteiger partial charge in [-0.15, -0.1) is 0 Å². The smallest absolute Gasteiger partial charge is 0.122 e. The van der Waals surface area contributed by atoms with Crippen LogP contribution in [0.15, 0.2) is 21.3 Å². The Labute approximate surface area is 69.7 Å². The van der Waals surface area contributed by atoms with Gasteiger partial charge in [0.15, 0.2) is 0 Å². The van der Waals surface area contributed by atoms with Crippen LogP contribution in [-0.4, -0.2) is 4.98 Å². The summed E-state index contributed by atoms with van der Waals surface area (Å²) >= 11 is 6.45. The first kappa shape index (κ1) is 7.02. The maximum atomic E-state index is 5.50. The average Bonchev–Trinajstić information content (AvgIpc) is 1.83. The third-order valence-corrected chi connectivity index (χ3v) is 2.84. The van der Waals surface area contributed by atoms with Crippen molar-refractivity contribution in [1.29, 1.82) is 0 Å². The van der Waals surface area contributed by atoms with Gasteiger partial charge < -0.3 is 5.73 Å². The summed E-state index contributed by atoms with van der Waals surface area (Å²) in [6.07, 6.45) is 1.64. The van der Waals surface area contributed by atoms with Crippen molar-refractivity contribution < 1.29 is 0 Å². The van der Waals surface area contributed by atoms with Crippen LogP contribution >= 0.6 is 31.9 Å². The first-order chi connectivity index (χ1) is 4.22. The molecule has 1 aromatic heterocycles. The van der Waals surface area contributed by atoms with Gasteiger partial charge in [0.05, 0.1) is 10.2 Å². The summed E-state index contributed by atoms with van der Waals surface area (Å²) in [5, 5.41) is 0. The molecule has 48 valence electrons. The molecule has 0 aliphatic heterocycles. The summed E-state index contributed by atoms with van der Waals surface area (Å²) in [4.78, 5) is 3.93. The topological polar surface area (TPSA) is 38.9 Å². The summed E-state index contributed by atoms with van der Waals surface area (Å²) in [6, 6.07) is 1.73. The highest BCUT2D eigenvalue weighted by Gasteiger charge is 1.98. The van der Waals surface area contributed by atoms with Crippen LogP contribution in [-0.2, 0) is 0 Å². The van der Waals surface area contributed by atoms with E-state index >= 15 is 0 Å². The van der Waals surface area contributed by atoms with Gasteiger partial charge in [0, 0.05) is 6.20 Å². The fourth-order valence-corrected chi connectivity index (χ4v) is 1.01. The molecule has 0 aliphatic carbocycles. The predicted octanol–water partition coefficient (Wildman–Crippen LogP) is 2.19. The van der Waals surface area contributed by atoms with Crippen LogP contribution in [0.1, 0.15) is 0 Å². The molecule has 0 radical (unpaired) electrons. The molecule has 0 atom stereocenters. The van der Waals surface area contributed by atoms with E-state index in [4.69, 9.17) is 5.73 Å². The Kier molecular flexibility index (Phi) is 2.08. The second-order valence-electron chi connectivity index (χ2n) is 1.50. The molecule has 0 aliphatic rings. The Balaban J connectivity index is 3.25. The fraction of sp³-hybridized carbons (Fsp3) is 0. The van der Waals surface area contributed by atoms with E-state index in [9.17, 15) is 0 Å². The van der Waals surface area contributed by atoms with Gasteiger partial charge in [0.1, 0.15) is 4.60 Å². The molecule has 0 spiro atoms. The van der Waals surface area contributed by atoms with Crippen molar-refractivity contribution in [2.45, 2.75) is 0 Å². The number of hydrogen-bond donors (Lipinski definition) is 1. The molecule has 0 saturated carbocycles. The van der Waals surface area contributed by atoms with Crippen molar-refractivity contribution in [2.75, 3.05) is 5.73 Å². The van der Waals surface area contributed by atoms with Gasteiger partial charge in [-0.3, -0.25) is 0 Å². The molecule has 0 unspecified atom stereocenters. The molecule has 2 nitrogen and oxygen atoms in total. The second kappa shape index (κ2) is 2.66. The van der Waals surface area contributed by atoms with Gasteiger partial charge in [-0.05, 0) is 37.9 Å². The van der Waals surface area contributed by atoms with E-state index in [1.54, 1.807) is 12.3 Å². The lowest BCUT2D eigenvalue weighted by molar-refractivity contribution is 1.26. The lowest BCUT2D eigenvalue weighted by Crippen LogP contribution is -1.87. The summed E-state index contributed by atoms with van der Waals surface area (Å²) < 4.78 is 1.55. The van der Waals surface area contributed by atoms with Crippen LogP contribution in [0.5, 0.6) is 0 Å². The molecular formula is C5H4Br2N2. The average molecular weight is 252 g/mol. The Bertz CT molecular complexity index is 204. The number of hydrogen-bond acceptors (Lipinski definition) is 2. The van der Waals surface area contributed by atoms with E-state index in [1.165, 1.54) is 0 Å². The molecule has 2 N–H and O–H groups in total. The minimum atomic E-state index is 0.692. The predicted molar refractivity (Wildman–Crippen MR) is 44.0 cm³/mol. The van der Waals surface area contributed by atoms with Crippen LogP contribution in [0.4, 0.5) is 5.69 Å². The standard InChI is InChI=1S/C5H4Br2N2/c6-4-3(8)1-2-9-5(4)7/h1-2H,(H2,8,9). The van der Waals surface area contributed by atoms with Crippen LogP contribution < -0.4 is 5.73 Å². The number of halogens is 2. The third-order valence-electron chi connectivity index (χ3n) is 0.877. The lowest BCUT2D eigenvalue weighted by atomic mass is 10.4. The van der Waals surface area contributed by atoms with E-state index in [1.807, 2.05) is 0 Å². The van der Waals surface area contributed by atoms with E-state index in [0.717, 1.165) is 9.08 Å². The molecular weight excluding hydrogens is 248 g/mol. The van der Waals surface area contributed by atoms with Crippen LogP contribution in [0.25, 0.3) is 0 Å². The highest BCUT2D eigenvalue weighted by Crippen LogP contribution is 2.25. The van der Waals surface area contributed by atoms with Crippen molar-refractivity contribution in [1.82, 2.24) is 4.98 Å². The van der Waals surface area contributed by atoms with Crippen LogP contribution in [0.2, 0.25) is 0 Å². The number of pyridine rings is 1. The number of nitrogen functional groups attached to an aromatic ring is 1. The van der Waals surface area contributed by atoms with Gasteiger partial charge in [0.2, 0.25) is 0 Å². The van der Waals surface area contributed by atoms with Gasteiger partial charge in [-0.2, -0.15) is 0 Å². The number of aromatic nitrogens is 1. The van der Waals surface area contributed by atoms with Crippen molar-refractivity contribution in [3.05, 3.63) is 21.3 Å². The van der Waals surface area contributed by atoms with Gasteiger partial charge >= 0.3 is 0 Å². The molecule has 0 saturated heterocycles. The number of nitrogens with two attached hydrogens (primary N) is 1. The van der Waals surface area contributed by atoms with Crippen LogP contribution in [0.3, 0.4) is 0 Å².